The van der Waals surface area contributed by atoms with Crippen molar-refractivity contribution in [2.45, 2.75) is 82.0 Å². The van der Waals surface area contributed by atoms with Crippen LogP contribution in [-0.4, -0.2) is 57.2 Å². The molecule has 2 aromatic rings. The molecule has 5 rings (SSSR count). The van der Waals surface area contributed by atoms with E-state index < -0.39 is 12.0 Å². The smallest absolute Gasteiger partial charge is 0.246 e. The summed E-state index contributed by atoms with van der Waals surface area (Å²) < 4.78 is 6.45. The Balaban J connectivity index is 1.34. The third-order valence-corrected chi connectivity index (χ3v) is 8.28. The SMILES string of the molecule is NC(=O)C(O)C[C@H]1CCc2sc3ncnc(OC4CCC(N5CCCC5)CC4)c3c21. The van der Waals surface area contributed by atoms with Crippen LogP contribution in [0.25, 0.3) is 10.2 Å². The average molecular weight is 431 g/mol. The number of amides is 1. The Bertz CT molecular complexity index is 918. The van der Waals surface area contributed by atoms with Gasteiger partial charge in [0.15, 0.2) is 0 Å². The van der Waals surface area contributed by atoms with Gasteiger partial charge < -0.3 is 20.5 Å². The molecule has 1 aliphatic heterocycles. The Labute approximate surface area is 180 Å². The van der Waals surface area contributed by atoms with Gasteiger partial charge in [0.25, 0.3) is 0 Å². The van der Waals surface area contributed by atoms with Gasteiger partial charge in [0, 0.05) is 10.9 Å². The van der Waals surface area contributed by atoms with Crippen molar-refractivity contribution in [2.75, 3.05) is 13.1 Å². The van der Waals surface area contributed by atoms with Crippen LogP contribution >= 0.6 is 11.3 Å². The van der Waals surface area contributed by atoms with E-state index in [1.54, 1.807) is 17.7 Å². The molecule has 1 saturated carbocycles. The molecule has 2 aliphatic carbocycles. The highest BCUT2D eigenvalue weighted by atomic mass is 32.1. The summed E-state index contributed by atoms with van der Waals surface area (Å²) in [5, 5.41) is 11.0. The van der Waals surface area contributed by atoms with Gasteiger partial charge >= 0.3 is 0 Å². The second kappa shape index (κ2) is 8.40. The first-order chi connectivity index (χ1) is 14.6. The van der Waals surface area contributed by atoms with Crippen molar-refractivity contribution in [1.29, 1.82) is 0 Å². The highest BCUT2D eigenvalue weighted by molar-refractivity contribution is 7.19. The van der Waals surface area contributed by atoms with Crippen LogP contribution in [0.5, 0.6) is 5.88 Å². The van der Waals surface area contributed by atoms with Crippen LogP contribution in [0.4, 0.5) is 0 Å². The zero-order chi connectivity index (χ0) is 20.7. The first kappa shape index (κ1) is 20.2. The third kappa shape index (κ3) is 3.81. The number of thiophene rings is 1. The van der Waals surface area contributed by atoms with E-state index in [0.717, 1.165) is 41.5 Å². The third-order valence-electron chi connectivity index (χ3n) is 7.11. The second-order valence-corrected chi connectivity index (χ2v) is 10.1. The number of aromatic nitrogens is 2. The van der Waals surface area contributed by atoms with Gasteiger partial charge in [0.05, 0.1) is 5.39 Å². The number of nitrogens with two attached hydrogens (primary N) is 1. The van der Waals surface area contributed by atoms with Crippen LogP contribution in [0.2, 0.25) is 0 Å². The van der Waals surface area contributed by atoms with Crippen molar-refractivity contribution in [2.24, 2.45) is 5.73 Å². The van der Waals surface area contributed by atoms with Crippen molar-refractivity contribution in [3.63, 3.8) is 0 Å². The van der Waals surface area contributed by atoms with Gasteiger partial charge in [-0.2, -0.15) is 0 Å². The van der Waals surface area contributed by atoms with E-state index in [0.29, 0.717) is 18.3 Å². The number of hydrogen-bond donors (Lipinski definition) is 2. The fourth-order valence-electron chi connectivity index (χ4n) is 5.54. The van der Waals surface area contributed by atoms with Crippen LogP contribution in [0.15, 0.2) is 6.33 Å². The molecule has 1 amide bonds. The van der Waals surface area contributed by atoms with Gasteiger partial charge in [-0.15, -0.1) is 11.3 Å². The number of carbonyl (C=O) groups excluding carboxylic acids is 1. The molecule has 0 bridgehead atoms. The average Bonchev–Trinajstić information content (AvgIpc) is 3.46. The highest BCUT2D eigenvalue weighted by Crippen LogP contribution is 2.47. The molecule has 30 heavy (non-hydrogen) atoms. The van der Waals surface area contributed by atoms with Crippen molar-refractivity contribution in [1.82, 2.24) is 14.9 Å². The number of hydrogen-bond acceptors (Lipinski definition) is 7. The lowest BCUT2D eigenvalue weighted by Crippen LogP contribution is -2.38. The van der Waals surface area contributed by atoms with E-state index in [-0.39, 0.29) is 12.0 Å². The highest BCUT2D eigenvalue weighted by Gasteiger charge is 2.34. The molecule has 0 spiro atoms. The lowest BCUT2D eigenvalue weighted by molar-refractivity contribution is -0.126. The first-order valence-electron chi connectivity index (χ1n) is 11.2. The van der Waals surface area contributed by atoms with E-state index in [9.17, 15) is 9.90 Å². The molecule has 0 radical (unpaired) electrons. The van der Waals surface area contributed by atoms with Gasteiger partial charge in [-0.3, -0.25) is 4.79 Å². The van der Waals surface area contributed by atoms with Crippen LogP contribution in [0, 0.1) is 0 Å². The summed E-state index contributed by atoms with van der Waals surface area (Å²) in [7, 11) is 0. The van der Waals surface area contributed by atoms with E-state index in [1.165, 1.54) is 43.6 Å². The summed E-state index contributed by atoms with van der Waals surface area (Å²) in [6, 6.07) is 0.711. The normalized spacial score (nSPS) is 28.0. The van der Waals surface area contributed by atoms with Crippen LogP contribution in [0.3, 0.4) is 0 Å². The molecule has 3 N–H and O–H groups in total. The first-order valence-corrected chi connectivity index (χ1v) is 12.1. The molecular weight excluding hydrogens is 400 g/mol. The van der Waals surface area contributed by atoms with Crippen molar-refractivity contribution >= 4 is 27.5 Å². The van der Waals surface area contributed by atoms with E-state index >= 15 is 0 Å². The fraction of sp³-hybridized carbons (Fsp3) is 0.682. The Hall–Kier alpha value is -1.77. The van der Waals surface area contributed by atoms with Gasteiger partial charge in [0.1, 0.15) is 23.4 Å². The van der Waals surface area contributed by atoms with Gasteiger partial charge in [-0.05, 0) is 82.4 Å². The monoisotopic (exact) mass is 430 g/mol. The zero-order valence-corrected chi connectivity index (χ0v) is 18.1. The Morgan fingerprint density at radius 3 is 2.73 bits per heavy atom. The minimum absolute atomic E-state index is 0.0931. The lowest BCUT2D eigenvalue weighted by atomic mass is 9.92. The van der Waals surface area contributed by atoms with Crippen molar-refractivity contribution in [3.05, 3.63) is 16.8 Å². The zero-order valence-electron chi connectivity index (χ0n) is 17.3. The van der Waals surface area contributed by atoms with Gasteiger partial charge in [-0.25, -0.2) is 9.97 Å². The number of rotatable bonds is 6. The molecule has 0 aromatic carbocycles. The predicted molar refractivity (Wildman–Crippen MR) is 116 cm³/mol. The molecule has 3 heterocycles. The van der Waals surface area contributed by atoms with Gasteiger partial charge in [-0.1, -0.05) is 0 Å². The number of fused-ring (bicyclic) bond motifs is 3. The molecule has 2 aromatic heterocycles. The summed E-state index contributed by atoms with van der Waals surface area (Å²) >= 11 is 1.68. The summed E-state index contributed by atoms with van der Waals surface area (Å²) in [6.45, 7) is 2.50. The minimum atomic E-state index is -1.12. The number of aliphatic hydroxyl groups is 1. The minimum Gasteiger partial charge on any atom is -0.474 e. The largest absolute Gasteiger partial charge is 0.474 e. The standard InChI is InChI=1S/C22H30N4O3S/c23-20(28)16(27)11-13-3-8-17-18(13)19-21(24-12-25-22(19)30-17)29-15-6-4-14(5-7-15)26-9-1-2-10-26/h12-16,27H,1-11H2,(H2,23,28)/t13-,14?,15?,16?/m1/s1. The summed E-state index contributed by atoms with van der Waals surface area (Å²) in [4.78, 5) is 25.2. The maximum atomic E-state index is 11.4. The maximum Gasteiger partial charge on any atom is 0.246 e. The maximum absolute atomic E-state index is 11.4. The quantitative estimate of drug-likeness (QED) is 0.731. The number of primary amides is 1. The van der Waals surface area contributed by atoms with Gasteiger partial charge in [0.2, 0.25) is 11.8 Å². The molecule has 1 saturated heterocycles. The number of carbonyl (C=O) groups is 1. The number of aryl methyl sites for hydroxylation is 1. The van der Waals surface area contributed by atoms with E-state index in [1.807, 2.05) is 0 Å². The topological polar surface area (TPSA) is 102 Å². The molecule has 8 heteroatoms. The van der Waals surface area contributed by atoms with Crippen molar-refractivity contribution in [3.8, 4) is 5.88 Å². The van der Waals surface area contributed by atoms with Crippen LogP contribution < -0.4 is 10.5 Å². The Morgan fingerprint density at radius 1 is 1.23 bits per heavy atom. The van der Waals surface area contributed by atoms with Crippen LogP contribution in [0.1, 0.15) is 67.7 Å². The molecule has 2 atom stereocenters. The Kier molecular flexibility index (Phi) is 5.64. The summed E-state index contributed by atoms with van der Waals surface area (Å²) in [5.74, 6) is 0.101. The molecule has 2 fully saturated rings. The summed E-state index contributed by atoms with van der Waals surface area (Å²) in [5.41, 5.74) is 6.46. The second-order valence-electron chi connectivity index (χ2n) is 8.98. The van der Waals surface area contributed by atoms with Crippen LogP contribution in [-0.2, 0) is 11.2 Å². The fourth-order valence-corrected chi connectivity index (χ4v) is 6.78. The molecule has 7 nitrogen and oxygen atoms in total. The molecule has 162 valence electrons. The number of likely N-dealkylation sites (tertiary alicyclic amines) is 1. The lowest BCUT2D eigenvalue weighted by Gasteiger charge is -2.34. The van der Waals surface area contributed by atoms with Crippen molar-refractivity contribution < 1.29 is 14.6 Å². The van der Waals surface area contributed by atoms with E-state index in [2.05, 4.69) is 14.9 Å². The summed E-state index contributed by atoms with van der Waals surface area (Å²) in [6.07, 6.45) is 10.0. The Morgan fingerprint density at radius 2 is 2.00 bits per heavy atom. The van der Waals surface area contributed by atoms with E-state index in [4.69, 9.17) is 10.5 Å². The predicted octanol–water partition coefficient (Wildman–Crippen LogP) is 2.74. The number of nitrogens with zero attached hydrogens (tertiary/aromatic N) is 3. The number of aliphatic hydroxyl groups excluding tert-OH is 1. The molecule has 1 unspecified atom stereocenters. The molecular formula is C22H30N4O3S. The molecule has 3 aliphatic rings. The number of ether oxygens (including phenoxy) is 1.